The number of unbranched alkanes of at least 4 members (excludes halogenated alkanes) is 1. The van der Waals surface area contributed by atoms with Crippen molar-refractivity contribution in [1.82, 2.24) is 0 Å². The van der Waals surface area contributed by atoms with Crippen LogP contribution < -0.4 is 4.74 Å². The first-order valence-corrected chi connectivity index (χ1v) is 6.99. The van der Waals surface area contributed by atoms with E-state index in [1.54, 1.807) is 14.0 Å². The predicted octanol–water partition coefficient (Wildman–Crippen LogP) is 2.88. The van der Waals surface area contributed by atoms with Gasteiger partial charge in [-0.15, -0.1) is 0 Å². The van der Waals surface area contributed by atoms with Crippen LogP contribution in [0.5, 0.6) is 5.75 Å². The predicted molar refractivity (Wildman–Crippen MR) is 78.0 cm³/mol. The van der Waals surface area contributed by atoms with Crippen LogP contribution in [0.25, 0.3) is 0 Å². The molecule has 0 aliphatic carbocycles. The molecule has 0 saturated carbocycles. The molecule has 0 saturated heterocycles. The molecule has 4 heteroatoms. The minimum atomic E-state index is -1.30. The third kappa shape index (κ3) is 4.23. The standard InChI is InChI=1S/C16H24O4/c1-4-5-9-13(15(17)18)16(2,19)11-12-8-6-7-10-14(12)20-3/h6-8,10,13,19H,4-5,9,11H2,1-3H3,(H,17,18). The number of methoxy groups -OCH3 is 1. The second kappa shape index (κ2) is 7.29. The van der Waals surface area contributed by atoms with Gasteiger partial charge in [-0.25, -0.2) is 0 Å². The van der Waals surface area contributed by atoms with Crippen molar-refractivity contribution in [2.45, 2.75) is 45.1 Å². The quantitative estimate of drug-likeness (QED) is 0.768. The Hall–Kier alpha value is -1.55. The van der Waals surface area contributed by atoms with Crippen LogP contribution in [0.2, 0.25) is 0 Å². The molecular weight excluding hydrogens is 256 g/mol. The highest BCUT2D eigenvalue weighted by atomic mass is 16.5. The van der Waals surface area contributed by atoms with Gasteiger partial charge < -0.3 is 14.9 Å². The lowest BCUT2D eigenvalue weighted by Crippen LogP contribution is -2.41. The first-order valence-electron chi connectivity index (χ1n) is 6.99. The Morgan fingerprint density at radius 3 is 2.60 bits per heavy atom. The van der Waals surface area contributed by atoms with Crippen LogP contribution in [0.15, 0.2) is 24.3 Å². The van der Waals surface area contributed by atoms with E-state index in [0.29, 0.717) is 12.2 Å². The number of ether oxygens (including phenoxy) is 1. The topological polar surface area (TPSA) is 66.8 Å². The fraction of sp³-hybridized carbons (Fsp3) is 0.562. The van der Waals surface area contributed by atoms with Gasteiger partial charge in [0.25, 0.3) is 0 Å². The molecule has 0 spiro atoms. The van der Waals surface area contributed by atoms with Gasteiger partial charge in [0.2, 0.25) is 0 Å². The Kier molecular flexibility index (Phi) is 6.02. The lowest BCUT2D eigenvalue weighted by molar-refractivity contribution is -0.151. The maximum absolute atomic E-state index is 11.4. The van der Waals surface area contributed by atoms with Crippen LogP contribution in [0.3, 0.4) is 0 Å². The maximum atomic E-state index is 11.4. The van der Waals surface area contributed by atoms with Gasteiger partial charge >= 0.3 is 5.97 Å². The van der Waals surface area contributed by atoms with Crippen molar-refractivity contribution < 1.29 is 19.7 Å². The van der Waals surface area contributed by atoms with E-state index in [4.69, 9.17) is 4.74 Å². The minimum absolute atomic E-state index is 0.262. The van der Waals surface area contributed by atoms with Gasteiger partial charge in [0, 0.05) is 6.42 Å². The van der Waals surface area contributed by atoms with Gasteiger partial charge in [0.05, 0.1) is 18.6 Å². The Labute approximate surface area is 120 Å². The van der Waals surface area contributed by atoms with Gasteiger partial charge in [0.1, 0.15) is 5.75 Å². The smallest absolute Gasteiger partial charge is 0.309 e. The highest BCUT2D eigenvalue weighted by Crippen LogP contribution is 2.30. The van der Waals surface area contributed by atoms with Crippen LogP contribution >= 0.6 is 0 Å². The van der Waals surface area contributed by atoms with E-state index in [9.17, 15) is 15.0 Å². The Balaban J connectivity index is 2.92. The van der Waals surface area contributed by atoms with E-state index in [1.165, 1.54) is 0 Å². The highest BCUT2D eigenvalue weighted by molar-refractivity contribution is 5.71. The van der Waals surface area contributed by atoms with E-state index < -0.39 is 17.5 Å². The van der Waals surface area contributed by atoms with Crippen molar-refractivity contribution in [3.8, 4) is 5.75 Å². The summed E-state index contributed by atoms with van der Waals surface area (Å²) in [6.45, 7) is 3.60. The molecule has 0 aliphatic rings. The number of carbonyl (C=O) groups is 1. The van der Waals surface area contributed by atoms with Crippen LogP contribution in [0.1, 0.15) is 38.7 Å². The summed E-state index contributed by atoms with van der Waals surface area (Å²) in [6.07, 6.45) is 2.44. The van der Waals surface area contributed by atoms with Gasteiger partial charge in [-0.1, -0.05) is 38.0 Å². The molecule has 0 radical (unpaired) electrons. The zero-order valence-corrected chi connectivity index (χ0v) is 12.4. The average molecular weight is 280 g/mol. The summed E-state index contributed by atoms with van der Waals surface area (Å²) in [7, 11) is 1.57. The SMILES string of the molecule is CCCCC(C(=O)O)C(C)(O)Cc1ccccc1OC. The van der Waals surface area contributed by atoms with Crippen LogP contribution in [-0.2, 0) is 11.2 Å². The normalized spacial score (nSPS) is 15.4. The Morgan fingerprint density at radius 2 is 2.05 bits per heavy atom. The minimum Gasteiger partial charge on any atom is -0.496 e. The number of carboxylic acid groups (broad SMARTS) is 1. The van der Waals surface area contributed by atoms with Crippen molar-refractivity contribution in [3.63, 3.8) is 0 Å². The van der Waals surface area contributed by atoms with E-state index >= 15 is 0 Å². The zero-order valence-electron chi connectivity index (χ0n) is 12.4. The molecule has 1 aromatic carbocycles. The summed E-state index contributed by atoms with van der Waals surface area (Å²) < 4.78 is 5.25. The molecule has 0 heterocycles. The second-order valence-corrected chi connectivity index (χ2v) is 5.38. The molecule has 2 unspecified atom stereocenters. The number of aliphatic hydroxyl groups is 1. The van der Waals surface area contributed by atoms with Crippen LogP contribution in [0, 0.1) is 5.92 Å². The van der Waals surface area contributed by atoms with Crippen LogP contribution in [-0.4, -0.2) is 28.9 Å². The van der Waals surface area contributed by atoms with E-state index in [0.717, 1.165) is 18.4 Å². The number of benzene rings is 1. The average Bonchev–Trinajstić information content (AvgIpc) is 2.38. The molecule has 2 N–H and O–H groups in total. The van der Waals surface area contributed by atoms with Crippen molar-refractivity contribution in [1.29, 1.82) is 0 Å². The number of aliphatic carboxylic acids is 1. The molecule has 1 rings (SSSR count). The lowest BCUT2D eigenvalue weighted by Gasteiger charge is -2.30. The molecule has 112 valence electrons. The third-order valence-electron chi connectivity index (χ3n) is 3.64. The Bertz CT molecular complexity index is 440. The molecule has 1 aromatic rings. The Morgan fingerprint density at radius 1 is 1.40 bits per heavy atom. The van der Waals surface area contributed by atoms with Crippen molar-refractivity contribution in [2.75, 3.05) is 7.11 Å². The lowest BCUT2D eigenvalue weighted by atomic mass is 9.80. The van der Waals surface area contributed by atoms with Crippen molar-refractivity contribution >= 4 is 5.97 Å². The van der Waals surface area contributed by atoms with Crippen molar-refractivity contribution in [3.05, 3.63) is 29.8 Å². The molecular formula is C16H24O4. The molecule has 20 heavy (non-hydrogen) atoms. The number of hydrogen-bond donors (Lipinski definition) is 2. The second-order valence-electron chi connectivity index (χ2n) is 5.38. The van der Waals surface area contributed by atoms with Crippen LogP contribution in [0.4, 0.5) is 0 Å². The van der Waals surface area contributed by atoms with Gasteiger partial charge in [0.15, 0.2) is 0 Å². The molecule has 4 nitrogen and oxygen atoms in total. The number of rotatable bonds is 8. The van der Waals surface area contributed by atoms with E-state index in [1.807, 2.05) is 31.2 Å². The number of hydrogen-bond acceptors (Lipinski definition) is 3. The first-order chi connectivity index (χ1) is 9.42. The summed E-state index contributed by atoms with van der Waals surface area (Å²) in [5.41, 5.74) is -0.474. The van der Waals surface area contributed by atoms with E-state index in [-0.39, 0.29) is 6.42 Å². The molecule has 0 fully saturated rings. The third-order valence-corrected chi connectivity index (χ3v) is 3.64. The molecule has 0 bridgehead atoms. The summed E-state index contributed by atoms with van der Waals surface area (Å²) in [6, 6.07) is 7.37. The first kappa shape index (κ1) is 16.5. The maximum Gasteiger partial charge on any atom is 0.309 e. The van der Waals surface area contributed by atoms with Gasteiger partial charge in [-0.2, -0.15) is 0 Å². The van der Waals surface area contributed by atoms with Gasteiger partial charge in [-0.3, -0.25) is 4.79 Å². The van der Waals surface area contributed by atoms with E-state index in [2.05, 4.69) is 0 Å². The van der Waals surface area contributed by atoms with Gasteiger partial charge in [-0.05, 0) is 25.0 Å². The summed E-state index contributed by atoms with van der Waals surface area (Å²) in [5, 5.41) is 20.0. The molecule has 0 aliphatic heterocycles. The van der Waals surface area contributed by atoms with Crippen molar-refractivity contribution in [2.24, 2.45) is 5.92 Å². The number of carboxylic acids is 1. The monoisotopic (exact) mass is 280 g/mol. The number of para-hydroxylation sites is 1. The molecule has 0 amide bonds. The summed E-state index contributed by atoms with van der Waals surface area (Å²) in [4.78, 5) is 11.4. The fourth-order valence-corrected chi connectivity index (χ4v) is 2.47. The summed E-state index contributed by atoms with van der Waals surface area (Å²) >= 11 is 0. The fourth-order valence-electron chi connectivity index (χ4n) is 2.47. The molecule has 0 aromatic heterocycles. The highest BCUT2D eigenvalue weighted by Gasteiger charge is 2.37. The largest absolute Gasteiger partial charge is 0.496 e. The zero-order chi connectivity index (χ0) is 15.2. The summed E-state index contributed by atoms with van der Waals surface area (Å²) in [5.74, 6) is -1.04. The molecule has 2 atom stereocenters.